The predicted octanol–water partition coefficient (Wildman–Crippen LogP) is 5.77. The summed E-state index contributed by atoms with van der Waals surface area (Å²) in [6.45, 7) is 3.14. The minimum Gasteiger partial charge on any atom is -0.405 e. The van der Waals surface area contributed by atoms with Gasteiger partial charge in [-0.15, -0.1) is 13.2 Å². The fraction of sp³-hybridized carbons (Fsp3) is 0.222. The number of carbonyl (C=O) groups is 1. The van der Waals surface area contributed by atoms with Gasteiger partial charge in [0.1, 0.15) is 5.75 Å². The monoisotopic (exact) mass is 482 g/mol. The molecule has 8 heteroatoms. The maximum atomic E-state index is 13.3. The van der Waals surface area contributed by atoms with E-state index in [1.165, 1.54) is 12.1 Å². The van der Waals surface area contributed by atoms with E-state index in [2.05, 4.69) is 15.0 Å². The highest BCUT2D eigenvalue weighted by Crippen LogP contribution is 2.32. The second-order valence-electron chi connectivity index (χ2n) is 8.83. The van der Waals surface area contributed by atoms with Crippen LogP contribution >= 0.6 is 0 Å². The van der Waals surface area contributed by atoms with Gasteiger partial charge in [-0.3, -0.25) is 4.79 Å². The minimum absolute atomic E-state index is 0.256. The van der Waals surface area contributed by atoms with E-state index in [1.54, 1.807) is 13.1 Å². The lowest BCUT2D eigenvalue weighted by Crippen LogP contribution is -2.50. The van der Waals surface area contributed by atoms with E-state index in [0.29, 0.717) is 5.56 Å². The molecule has 3 aromatic carbocycles. The Bertz CT molecular complexity index is 1350. The molecule has 182 valence electrons. The lowest BCUT2D eigenvalue weighted by molar-refractivity contribution is -0.274. The Morgan fingerprint density at radius 1 is 1.03 bits per heavy atom. The molecule has 0 spiro atoms. The molecule has 0 aliphatic carbocycles. The molecule has 1 unspecified atom stereocenters. The Hall–Kier alpha value is -3.78. The van der Waals surface area contributed by atoms with Crippen molar-refractivity contribution >= 4 is 16.8 Å². The second-order valence-corrected chi connectivity index (χ2v) is 8.83. The Morgan fingerprint density at radius 3 is 2.40 bits per heavy atom. The molecule has 4 rings (SSSR count). The lowest BCUT2D eigenvalue weighted by atomic mass is 9.92. The summed E-state index contributed by atoms with van der Waals surface area (Å²) in [5.74, 6) is -1.40. The first-order chi connectivity index (χ1) is 16.6. The summed E-state index contributed by atoms with van der Waals surface area (Å²) in [7, 11) is 0. The largest absolute Gasteiger partial charge is 0.573 e. The quantitative estimate of drug-likeness (QED) is 0.313. The molecule has 0 saturated heterocycles. The van der Waals surface area contributed by atoms with Crippen molar-refractivity contribution in [1.82, 2.24) is 10.3 Å². The van der Waals surface area contributed by atoms with Crippen molar-refractivity contribution in [1.29, 1.82) is 0 Å². The van der Waals surface area contributed by atoms with Crippen molar-refractivity contribution in [3.05, 3.63) is 89.6 Å². The van der Waals surface area contributed by atoms with Crippen LogP contribution < -0.4 is 10.1 Å². The first-order valence-electron chi connectivity index (χ1n) is 11.0. The fourth-order valence-corrected chi connectivity index (χ4v) is 4.03. The third kappa shape index (κ3) is 5.66. The van der Waals surface area contributed by atoms with Crippen LogP contribution in [-0.4, -0.2) is 34.5 Å². The maximum absolute atomic E-state index is 13.3. The summed E-state index contributed by atoms with van der Waals surface area (Å²) in [6, 6.07) is 19.0. The molecule has 0 saturated carbocycles. The van der Waals surface area contributed by atoms with Crippen molar-refractivity contribution < 1.29 is 27.8 Å². The third-order valence-corrected chi connectivity index (χ3v) is 5.85. The summed E-state index contributed by atoms with van der Waals surface area (Å²) in [5, 5.41) is 13.8. The van der Waals surface area contributed by atoms with Crippen LogP contribution in [0.15, 0.2) is 72.9 Å². The number of aliphatic hydroxyl groups excluding tert-OH is 1. The zero-order valence-corrected chi connectivity index (χ0v) is 19.2. The van der Waals surface area contributed by atoms with Gasteiger partial charge in [-0.1, -0.05) is 54.1 Å². The number of benzene rings is 3. The zero-order valence-electron chi connectivity index (χ0n) is 19.2. The molecule has 1 amide bonds. The van der Waals surface area contributed by atoms with E-state index in [0.717, 1.165) is 33.7 Å². The number of carbonyl (C=O) groups excluding carboxylic acids is 1. The summed E-state index contributed by atoms with van der Waals surface area (Å²) in [5.41, 5.74) is 2.67. The van der Waals surface area contributed by atoms with Crippen molar-refractivity contribution in [2.45, 2.75) is 32.2 Å². The number of rotatable bonds is 7. The van der Waals surface area contributed by atoms with Crippen LogP contribution in [0.3, 0.4) is 0 Å². The van der Waals surface area contributed by atoms with Gasteiger partial charge in [-0.05, 0) is 55.2 Å². The smallest absolute Gasteiger partial charge is 0.405 e. The van der Waals surface area contributed by atoms with Crippen LogP contribution in [0.5, 0.6) is 5.75 Å². The first-order valence-corrected chi connectivity index (χ1v) is 11.0. The predicted molar refractivity (Wildman–Crippen MR) is 128 cm³/mol. The fourth-order valence-electron chi connectivity index (χ4n) is 4.03. The van der Waals surface area contributed by atoms with E-state index in [1.807, 2.05) is 55.5 Å². The number of hydrogen-bond donors (Lipinski definition) is 3. The summed E-state index contributed by atoms with van der Waals surface area (Å²) in [6.07, 6.45) is -2.92. The van der Waals surface area contributed by atoms with Crippen LogP contribution in [0, 0.1) is 6.92 Å². The molecular weight excluding hydrogens is 457 g/mol. The molecule has 1 aromatic heterocycles. The van der Waals surface area contributed by atoms with E-state index >= 15 is 0 Å². The third-order valence-electron chi connectivity index (χ3n) is 5.85. The van der Waals surface area contributed by atoms with Crippen LogP contribution in [0.4, 0.5) is 13.2 Å². The lowest BCUT2D eigenvalue weighted by Gasteiger charge is -2.29. The van der Waals surface area contributed by atoms with Crippen molar-refractivity contribution in [2.24, 2.45) is 0 Å². The number of aromatic amines is 1. The number of nitrogens with one attached hydrogen (secondary N) is 2. The number of aryl methyl sites for hydroxylation is 1. The summed E-state index contributed by atoms with van der Waals surface area (Å²) < 4.78 is 43.3. The number of aliphatic hydroxyl groups is 1. The summed E-state index contributed by atoms with van der Waals surface area (Å²) >= 11 is 0. The number of hydrogen-bond acceptors (Lipinski definition) is 3. The summed E-state index contributed by atoms with van der Waals surface area (Å²) in [4.78, 5) is 16.4. The van der Waals surface area contributed by atoms with Gasteiger partial charge < -0.3 is 20.1 Å². The van der Waals surface area contributed by atoms with E-state index in [9.17, 15) is 23.1 Å². The van der Waals surface area contributed by atoms with Crippen LogP contribution in [0.25, 0.3) is 22.0 Å². The highest BCUT2D eigenvalue weighted by Gasteiger charge is 2.34. The molecule has 5 nitrogen and oxygen atoms in total. The molecule has 4 aromatic rings. The van der Waals surface area contributed by atoms with Crippen molar-refractivity contribution in [3.8, 4) is 16.9 Å². The maximum Gasteiger partial charge on any atom is 0.573 e. The molecule has 0 aliphatic rings. The van der Waals surface area contributed by atoms with E-state index in [4.69, 9.17) is 0 Å². The molecule has 1 atom stereocenters. The van der Waals surface area contributed by atoms with Crippen LogP contribution in [0.1, 0.15) is 28.4 Å². The van der Waals surface area contributed by atoms with Crippen LogP contribution in [0.2, 0.25) is 0 Å². The van der Waals surface area contributed by atoms with Gasteiger partial charge >= 0.3 is 6.36 Å². The standard InChI is InChI=1S/C27H25F3N2O3/c1-17-7-9-18(10-8-17)19-11-12-24(35-27(28,29)30)22(13-19)25(34)32-26(2,16-33)14-20-15-31-23-6-4-3-5-21(20)23/h3-13,15,31,33H,14,16H2,1-2H3,(H,32,34). The Kier molecular flexibility index (Phi) is 6.58. The second kappa shape index (κ2) is 9.46. The number of alkyl halides is 3. The highest BCUT2D eigenvalue weighted by molar-refractivity contribution is 5.99. The Morgan fingerprint density at radius 2 is 1.71 bits per heavy atom. The molecule has 35 heavy (non-hydrogen) atoms. The number of aromatic nitrogens is 1. The van der Waals surface area contributed by atoms with Gasteiger partial charge in [0.15, 0.2) is 0 Å². The van der Waals surface area contributed by atoms with Crippen LogP contribution in [-0.2, 0) is 6.42 Å². The van der Waals surface area contributed by atoms with Gasteiger partial charge in [0, 0.05) is 17.1 Å². The van der Waals surface area contributed by atoms with Gasteiger partial charge in [-0.25, -0.2) is 0 Å². The number of amides is 1. The molecule has 0 fully saturated rings. The van der Waals surface area contributed by atoms with E-state index in [-0.39, 0.29) is 12.0 Å². The molecule has 0 bridgehead atoms. The van der Waals surface area contributed by atoms with Gasteiger partial charge in [-0.2, -0.15) is 0 Å². The molecule has 1 heterocycles. The molecule has 0 radical (unpaired) electrons. The average molecular weight is 483 g/mol. The van der Waals surface area contributed by atoms with Gasteiger partial charge in [0.05, 0.1) is 17.7 Å². The minimum atomic E-state index is -4.97. The number of fused-ring (bicyclic) bond motifs is 1. The number of para-hydroxylation sites is 1. The Labute approximate surface area is 200 Å². The van der Waals surface area contributed by atoms with Crippen molar-refractivity contribution in [3.63, 3.8) is 0 Å². The average Bonchev–Trinajstić information content (AvgIpc) is 3.21. The molecule has 3 N–H and O–H groups in total. The van der Waals surface area contributed by atoms with Gasteiger partial charge in [0.25, 0.3) is 5.91 Å². The number of halogens is 3. The van der Waals surface area contributed by atoms with E-state index < -0.39 is 30.2 Å². The first kappa shape index (κ1) is 24.3. The number of ether oxygens (including phenoxy) is 1. The number of H-pyrrole nitrogens is 1. The zero-order chi connectivity index (χ0) is 25.2. The topological polar surface area (TPSA) is 74.3 Å². The molecular formula is C27H25F3N2O3. The molecule has 0 aliphatic heterocycles. The van der Waals surface area contributed by atoms with Gasteiger partial charge in [0.2, 0.25) is 0 Å². The highest BCUT2D eigenvalue weighted by atomic mass is 19.4. The van der Waals surface area contributed by atoms with Crippen molar-refractivity contribution in [2.75, 3.05) is 6.61 Å². The normalized spacial score (nSPS) is 13.4. The SMILES string of the molecule is Cc1ccc(-c2ccc(OC(F)(F)F)c(C(=O)NC(C)(CO)Cc3c[nH]c4ccccc34)c2)cc1. The Balaban J connectivity index is 1.67.